The van der Waals surface area contributed by atoms with E-state index in [1.165, 1.54) is 0 Å². The Morgan fingerprint density at radius 3 is 2.36 bits per heavy atom. The predicted octanol–water partition coefficient (Wildman–Crippen LogP) is 1.56. The zero-order valence-electron chi connectivity index (χ0n) is 9.46. The number of carbonyl (C=O) groups excluding carboxylic acids is 1. The average molecular weight is 216 g/mol. The van der Waals surface area contributed by atoms with Crippen LogP contribution in [0.25, 0.3) is 0 Å². The Morgan fingerprint density at radius 2 is 2.00 bits per heavy atom. The van der Waals surface area contributed by atoms with Crippen LogP contribution >= 0.6 is 12.2 Å². The first-order valence-corrected chi connectivity index (χ1v) is 5.26. The van der Waals surface area contributed by atoms with Crippen LogP contribution in [-0.4, -0.2) is 29.4 Å². The van der Waals surface area contributed by atoms with Crippen molar-refractivity contribution in [2.45, 2.75) is 33.6 Å². The highest BCUT2D eigenvalue weighted by atomic mass is 32.1. The highest BCUT2D eigenvalue weighted by molar-refractivity contribution is 7.80. The van der Waals surface area contributed by atoms with Crippen molar-refractivity contribution >= 4 is 23.1 Å². The fraction of sp³-hybridized carbons (Fsp3) is 0.800. The molecule has 0 aliphatic heterocycles. The first-order chi connectivity index (χ1) is 6.31. The van der Waals surface area contributed by atoms with Gasteiger partial charge in [0.1, 0.15) is 0 Å². The Bertz CT molecular complexity index is 226. The van der Waals surface area contributed by atoms with E-state index in [0.29, 0.717) is 18.0 Å². The molecule has 0 atom stereocenters. The van der Waals surface area contributed by atoms with Gasteiger partial charge >= 0.3 is 0 Å². The molecule has 0 fully saturated rings. The number of nitrogens with two attached hydrogens (primary N) is 1. The number of hydrogen-bond acceptors (Lipinski definition) is 2. The van der Waals surface area contributed by atoms with E-state index in [9.17, 15) is 4.79 Å². The molecule has 0 aliphatic rings. The smallest absolute Gasteiger partial charge is 0.227 e. The van der Waals surface area contributed by atoms with Gasteiger partial charge in [0.15, 0.2) is 0 Å². The number of amides is 1. The minimum atomic E-state index is -0.287. The van der Waals surface area contributed by atoms with E-state index in [1.54, 1.807) is 11.9 Å². The lowest BCUT2D eigenvalue weighted by Gasteiger charge is -2.28. The summed E-state index contributed by atoms with van der Waals surface area (Å²) in [6.45, 7) is 6.52. The Hall–Kier alpha value is -0.640. The third-order valence-electron chi connectivity index (χ3n) is 2.50. The van der Waals surface area contributed by atoms with Crippen LogP contribution in [-0.2, 0) is 4.79 Å². The van der Waals surface area contributed by atoms with Crippen molar-refractivity contribution in [3.8, 4) is 0 Å². The second-order valence-corrected chi connectivity index (χ2v) is 4.70. The molecule has 0 rings (SSSR count). The standard InChI is InChI=1S/C10H20N2OS/c1-5-10(2,3)9(13)12(4)7-6-8(11)14/h5-7H2,1-4H3,(H2,11,14). The van der Waals surface area contributed by atoms with E-state index >= 15 is 0 Å². The minimum Gasteiger partial charge on any atom is -0.393 e. The highest BCUT2D eigenvalue weighted by Crippen LogP contribution is 2.22. The summed E-state index contributed by atoms with van der Waals surface area (Å²) in [5.41, 5.74) is 5.09. The van der Waals surface area contributed by atoms with E-state index in [1.807, 2.05) is 20.8 Å². The maximum absolute atomic E-state index is 11.9. The molecule has 0 saturated carbocycles. The Labute approximate surface area is 91.6 Å². The van der Waals surface area contributed by atoms with Crippen LogP contribution in [0.3, 0.4) is 0 Å². The molecular weight excluding hydrogens is 196 g/mol. The number of nitrogens with zero attached hydrogens (tertiary/aromatic N) is 1. The number of hydrogen-bond donors (Lipinski definition) is 1. The van der Waals surface area contributed by atoms with Crippen molar-refractivity contribution in [2.24, 2.45) is 11.1 Å². The zero-order chi connectivity index (χ0) is 11.4. The Morgan fingerprint density at radius 1 is 1.50 bits per heavy atom. The van der Waals surface area contributed by atoms with Crippen LogP contribution in [0.2, 0.25) is 0 Å². The molecule has 0 unspecified atom stereocenters. The maximum Gasteiger partial charge on any atom is 0.227 e. The third-order valence-corrected chi connectivity index (χ3v) is 2.71. The van der Waals surface area contributed by atoms with Gasteiger partial charge in [-0.05, 0) is 6.42 Å². The van der Waals surface area contributed by atoms with Crippen molar-refractivity contribution < 1.29 is 4.79 Å². The maximum atomic E-state index is 11.9. The molecule has 0 aromatic heterocycles. The van der Waals surface area contributed by atoms with E-state index in [0.717, 1.165) is 6.42 Å². The van der Waals surface area contributed by atoms with E-state index in [4.69, 9.17) is 18.0 Å². The van der Waals surface area contributed by atoms with Crippen LogP contribution in [0.15, 0.2) is 0 Å². The van der Waals surface area contributed by atoms with Crippen LogP contribution < -0.4 is 5.73 Å². The molecule has 0 aromatic rings. The Kier molecular flexibility index (Phi) is 5.05. The summed E-state index contributed by atoms with van der Waals surface area (Å²) in [5.74, 6) is 0.149. The van der Waals surface area contributed by atoms with Gasteiger partial charge in [0.05, 0.1) is 4.99 Å². The van der Waals surface area contributed by atoms with E-state index < -0.39 is 0 Å². The van der Waals surface area contributed by atoms with Gasteiger partial charge in [0.2, 0.25) is 5.91 Å². The molecule has 0 saturated heterocycles. The normalized spacial score (nSPS) is 11.1. The summed E-state index contributed by atoms with van der Waals surface area (Å²) in [6, 6.07) is 0. The highest BCUT2D eigenvalue weighted by Gasteiger charge is 2.27. The van der Waals surface area contributed by atoms with Crippen LogP contribution in [0.1, 0.15) is 33.6 Å². The fourth-order valence-corrected chi connectivity index (χ4v) is 1.14. The summed E-state index contributed by atoms with van der Waals surface area (Å²) in [6.07, 6.45) is 1.43. The molecule has 82 valence electrons. The number of carbonyl (C=O) groups is 1. The lowest BCUT2D eigenvalue weighted by atomic mass is 9.88. The van der Waals surface area contributed by atoms with Gasteiger partial charge in [-0.25, -0.2) is 0 Å². The molecule has 0 heterocycles. The lowest BCUT2D eigenvalue weighted by Crippen LogP contribution is -2.39. The molecule has 14 heavy (non-hydrogen) atoms. The van der Waals surface area contributed by atoms with Crippen molar-refractivity contribution in [2.75, 3.05) is 13.6 Å². The van der Waals surface area contributed by atoms with Gasteiger partial charge in [-0.2, -0.15) is 0 Å². The van der Waals surface area contributed by atoms with Gasteiger partial charge in [0, 0.05) is 25.4 Å². The minimum absolute atomic E-state index is 0.149. The second kappa shape index (κ2) is 5.29. The topological polar surface area (TPSA) is 46.3 Å². The van der Waals surface area contributed by atoms with E-state index in [-0.39, 0.29) is 11.3 Å². The molecule has 0 radical (unpaired) electrons. The summed E-state index contributed by atoms with van der Waals surface area (Å²) in [4.78, 5) is 14.0. The van der Waals surface area contributed by atoms with Gasteiger partial charge in [-0.1, -0.05) is 33.0 Å². The van der Waals surface area contributed by atoms with Gasteiger partial charge in [-0.3, -0.25) is 4.79 Å². The lowest BCUT2D eigenvalue weighted by molar-refractivity contribution is -0.139. The summed E-state index contributed by atoms with van der Waals surface area (Å²) in [7, 11) is 1.79. The van der Waals surface area contributed by atoms with Crippen molar-refractivity contribution in [1.29, 1.82) is 0 Å². The molecule has 0 aliphatic carbocycles. The third kappa shape index (κ3) is 4.05. The molecule has 0 aromatic carbocycles. The first-order valence-electron chi connectivity index (χ1n) is 4.85. The summed E-state index contributed by atoms with van der Waals surface area (Å²) >= 11 is 4.76. The van der Waals surface area contributed by atoms with Crippen molar-refractivity contribution in [1.82, 2.24) is 4.90 Å². The molecule has 0 spiro atoms. The SMILES string of the molecule is CCC(C)(C)C(=O)N(C)CCC(N)=S. The molecule has 0 bridgehead atoms. The van der Waals surface area contributed by atoms with Crippen LogP contribution in [0.4, 0.5) is 0 Å². The Balaban J connectivity index is 4.19. The van der Waals surface area contributed by atoms with Gasteiger partial charge in [-0.15, -0.1) is 0 Å². The quantitative estimate of drug-likeness (QED) is 0.709. The molecule has 3 nitrogen and oxygen atoms in total. The molecule has 2 N–H and O–H groups in total. The molecule has 1 amide bonds. The van der Waals surface area contributed by atoms with Crippen molar-refractivity contribution in [3.05, 3.63) is 0 Å². The van der Waals surface area contributed by atoms with Crippen molar-refractivity contribution in [3.63, 3.8) is 0 Å². The largest absolute Gasteiger partial charge is 0.393 e. The average Bonchev–Trinajstić information content (AvgIpc) is 2.12. The van der Waals surface area contributed by atoms with Gasteiger partial charge in [0.25, 0.3) is 0 Å². The van der Waals surface area contributed by atoms with E-state index in [2.05, 4.69) is 0 Å². The summed E-state index contributed by atoms with van der Waals surface area (Å²) in [5, 5.41) is 0. The molecule has 4 heteroatoms. The number of thiocarbonyl (C=S) groups is 1. The summed E-state index contributed by atoms with van der Waals surface area (Å²) < 4.78 is 0. The van der Waals surface area contributed by atoms with Gasteiger partial charge < -0.3 is 10.6 Å². The monoisotopic (exact) mass is 216 g/mol. The predicted molar refractivity (Wildman–Crippen MR) is 63.1 cm³/mol. The second-order valence-electron chi connectivity index (χ2n) is 4.18. The fourth-order valence-electron chi connectivity index (χ4n) is 1.05. The van der Waals surface area contributed by atoms with Crippen LogP contribution in [0, 0.1) is 5.41 Å². The number of rotatable bonds is 5. The molecular formula is C10H20N2OS. The van der Waals surface area contributed by atoms with Crippen LogP contribution in [0.5, 0.6) is 0 Å². The first kappa shape index (κ1) is 13.4. The zero-order valence-corrected chi connectivity index (χ0v) is 10.3.